The third-order valence-corrected chi connectivity index (χ3v) is 3.76. The molecule has 154 valence electrons. The summed E-state index contributed by atoms with van der Waals surface area (Å²) in [5, 5.41) is 4.88. The van der Waals surface area contributed by atoms with Crippen molar-refractivity contribution in [2.75, 3.05) is 10.6 Å². The first-order chi connectivity index (χ1) is 13.5. The van der Waals surface area contributed by atoms with Crippen LogP contribution in [0.2, 0.25) is 0 Å². The molecule has 2 aromatic rings. The van der Waals surface area contributed by atoms with Crippen LogP contribution in [0, 0.1) is 0 Å². The van der Waals surface area contributed by atoms with Gasteiger partial charge in [-0.3, -0.25) is 14.4 Å². The summed E-state index contributed by atoms with van der Waals surface area (Å²) in [6.07, 6.45) is -5.84. The molecule has 0 aliphatic carbocycles. The van der Waals surface area contributed by atoms with Crippen molar-refractivity contribution >= 4 is 29.2 Å². The van der Waals surface area contributed by atoms with E-state index in [0.717, 1.165) is 12.1 Å². The molecule has 0 radical (unpaired) electrons. The van der Waals surface area contributed by atoms with Crippen LogP contribution in [0.3, 0.4) is 0 Å². The fourth-order valence-corrected chi connectivity index (χ4v) is 2.39. The lowest BCUT2D eigenvalue weighted by molar-refractivity contribution is -0.152. The van der Waals surface area contributed by atoms with Crippen LogP contribution in [0.25, 0.3) is 0 Å². The molecule has 0 saturated carbocycles. The van der Waals surface area contributed by atoms with Crippen LogP contribution in [0.15, 0.2) is 48.5 Å². The number of halogens is 3. The van der Waals surface area contributed by atoms with Crippen LogP contribution in [0.4, 0.5) is 24.5 Å². The minimum Gasteiger partial charge on any atom is -0.452 e. The highest BCUT2D eigenvalue weighted by molar-refractivity contribution is 5.95. The molecular weight excluding hydrogens is 389 g/mol. The molecule has 0 unspecified atom stereocenters. The smallest absolute Gasteiger partial charge is 0.416 e. The average Bonchev–Trinajstić information content (AvgIpc) is 2.62. The summed E-state index contributed by atoms with van der Waals surface area (Å²) in [6, 6.07) is 10.6. The lowest BCUT2D eigenvalue weighted by Gasteiger charge is -2.15. The van der Waals surface area contributed by atoms with Gasteiger partial charge in [-0.05, 0) is 42.8 Å². The number of anilines is 2. The third-order valence-electron chi connectivity index (χ3n) is 3.76. The zero-order valence-electron chi connectivity index (χ0n) is 15.7. The number of alkyl halides is 3. The molecule has 0 aliphatic rings. The third kappa shape index (κ3) is 6.95. The number of amides is 2. The van der Waals surface area contributed by atoms with Gasteiger partial charge in [-0.2, -0.15) is 13.2 Å². The number of hydrogen-bond donors (Lipinski definition) is 2. The van der Waals surface area contributed by atoms with Crippen LogP contribution in [-0.4, -0.2) is 23.9 Å². The summed E-state index contributed by atoms with van der Waals surface area (Å²) in [4.78, 5) is 35.1. The van der Waals surface area contributed by atoms with Crippen molar-refractivity contribution in [1.82, 2.24) is 0 Å². The quantitative estimate of drug-likeness (QED) is 0.713. The fourth-order valence-electron chi connectivity index (χ4n) is 2.39. The number of nitrogens with one attached hydrogen (secondary N) is 2. The molecule has 2 N–H and O–H groups in total. The Balaban J connectivity index is 1.90. The molecule has 2 aromatic carbocycles. The van der Waals surface area contributed by atoms with Gasteiger partial charge in [0.2, 0.25) is 5.91 Å². The Morgan fingerprint density at radius 1 is 1.00 bits per heavy atom. The molecule has 2 rings (SSSR count). The highest BCUT2D eigenvalue weighted by Crippen LogP contribution is 2.30. The van der Waals surface area contributed by atoms with Gasteiger partial charge in [0, 0.05) is 18.3 Å². The minimum absolute atomic E-state index is 0.0544. The van der Waals surface area contributed by atoms with Crippen LogP contribution < -0.4 is 10.6 Å². The van der Waals surface area contributed by atoms with E-state index in [1.165, 1.54) is 26.0 Å². The molecular formula is C20H19F3N2O4. The molecule has 0 saturated heterocycles. The summed E-state index contributed by atoms with van der Waals surface area (Å²) in [5.41, 5.74) is 0.224. The normalized spacial score (nSPS) is 12.0. The molecule has 29 heavy (non-hydrogen) atoms. The van der Waals surface area contributed by atoms with Crippen molar-refractivity contribution in [3.05, 3.63) is 59.7 Å². The van der Waals surface area contributed by atoms with E-state index in [1.54, 1.807) is 24.3 Å². The van der Waals surface area contributed by atoms with Crippen molar-refractivity contribution < 1.29 is 32.3 Å². The number of carbonyl (C=O) groups excluding carboxylic acids is 3. The van der Waals surface area contributed by atoms with Crippen molar-refractivity contribution in [3.63, 3.8) is 0 Å². The van der Waals surface area contributed by atoms with Crippen LogP contribution in [0.5, 0.6) is 0 Å². The van der Waals surface area contributed by atoms with Gasteiger partial charge in [0.05, 0.1) is 12.0 Å². The van der Waals surface area contributed by atoms with E-state index in [1.807, 2.05) is 0 Å². The zero-order valence-corrected chi connectivity index (χ0v) is 15.7. The molecule has 0 heterocycles. The molecule has 0 aliphatic heterocycles. The Hall–Kier alpha value is -3.36. The average molecular weight is 408 g/mol. The fraction of sp³-hybridized carbons (Fsp3) is 0.250. The Kier molecular flexibility index (Phi) is 6.98. The first-order valence-electron chi connectivity index (χ1n) is 8.59. The predicted molar refractivity (Wildman–Crippen MR) is 100 cm³/mol. The largest absolute Gasteiger partial charge is 0.452 e. The van der Waals surface area contributed by atoms with Gasteiger partial charge in [-0.1, -0.05) is 18.2 Å². The summed E-state index contributed by atoms with van der Waals surface area (Å²) < 4.78 is 43.2. The number of rotatable bonds is 6. The van der Waals surface area contributed by atoms with Crippen LogP contribution in [0.1, 0.15) is 25.0 Å². The molecule has 0 fully saturated rings. The highest BCUT2D eigenvalue weighted by Gasteiger charge is 2.30. The van der Waals surface area contributed by atoms with Gasteiger partial charge >= 0.3 is 12.1 Å². The topological polar surface area (TPSA) is 84.5 Å². The maximum atomic E-state index is 12.7. The van der Waals surface area contributed by atoms with Gasteiger partial charge < -0.3 is 15.4 Å². The highest BCUT2D eigenvalue weighted by atomic mass is 19.4. The van der Waals surface area contributed by atoms with Gasteiger partial charge in [-0.25, -0.2) is 0 Å². The first-order valence-corrected chi connectivity index (χ1v) is 8.59. The predicted octanol–water partition coefficient (Wildman–Crippen LogP) is 3.78. The van der Waals surface area contributed by atoms with Crippen LogP contribution in [-0.2, 0) is 31.7 Å². The second-order valence-corrected chi connectivity index (χ2v) is 6.25. The van der Waals surface area contributed by atoms with E-state index in [2.05, 4.69) is 10.6 Å². The Labute approximate surface area is 165 Å². The second-order valence-electron chi connectivity index (χ2n) is 6.25. The van der Waals surface area contributed by atoms with Crippen molar-refractivity contribution in [2.45, 2.75) is 32.5 Å². The summed E-state index contributed by atoms with van der Waals surface area (Å²) in [7, 11) is 0. The molecule has 2 amide bonds. The van der Waals surface area contributed by atoms with Crippen molar-refractivity contribution in [2.24, 2.45) is 0 Å². The van der Waals surface area contributed by atoms with Gasteiger partial charge in [-0.15, -0.1) is 0 Å². The SMILES string of the molecule is CC(=O)Nc1ccc(CC(=O)O[C@H](C)C(=O)Nc2cccc(C(F)(F)F)c2)cc1. The Bertz CT molecular complexity index is 895. The van der Waals surface area contributed by atoms with Crippen molar-refractivity contribution in [1.29, 1.82) is 0 Å². The van der Waals surface area contributed by atoms with E-state index < -0.39 is 29.7 Å². The molecule has 1 atom stereocenters. The molecule has 0 aromatic heterocycles. The van der Waals surface area contributed by atoms with Crippen LogP contribution >= 0.6 is 0 Å². The second kappa shape index (κ2) is 9.22. The molecule has 9 heteroatoms. The van der Waals surface area contributed by atoms with E-state index in [4.69, 9.17) is 4.74 Å². The van der Waals surface area contributed by atoms with E-state index in [9.17, 15) is 27.6 Å². The van der Waals surface area contributed by atoms with Gasteiger partial charge in [0.25, 0.3) is 5.91 Å². The summed E-state index contributed by atoms with van der Waals surface area (Å²) in [6.45, 7) is 2.69. The number of hydrogen-bond acceptors (Lipinski definition) is 4. The lowest BCUT2D eigenvalue weighted by atomic mass is 10.1. The number of esters is 1. The first kappa shape index (κ1) is 21.9. The van der Waals surface area contributed by atoms with E-state index in [-0.39, 0.29) is 18.0 Å². The number of benzene rings is 2. The maximum Gasteiger partial charge on any atom is 0.416 e. The van der Waals surface area contributed by atoms with E-state index >= 15 is 0 Å². The molecule has 0 bridgehead atoms. The summed E-state index contributed by atoms with van der Waals surface area (Å²) >= 11 is 0. The van der Waals surface area contributed by atoms with E-state index in [0.29, 0.717) is 11.3 Å². The number of ether oxygens (including phenoxy) is 1. The minimum atomic E-state index is -4.53. The Morgan fingerprint density at radius 2 is 1.66 bits per heavy atom. The molecule has 0 spiro atoms. The molecule has 6 nitrogen and oxygen atoms in total. The lowest BCUT2D eigenvalue weighted by Crippen LogP contribution is -2.30. The summed E-state index contributed by atoms with van der Waals surface area (Å²) in [5.74, 6) is -1.65. The maximum absolute atomic E-state index is 12.7. The van der Waals surface area contributed by atoms with Gasteiger partial charge in [0.15, 0.2) is 6.10 Å². The van der Waals surface area contributed by atoms with Crippen molar-refractivity contribution in [3.8, 4) is 0 Å². The van der Waals surface area contributed by atoms with Gasteiger partial charge in [0.1, 0.15) is 0 Å². The standard InChI is InChI=1S/C20H19F3N2O4/c1-12(19(28)25-17-5-3-4-15(11-17)20(21,22)23)29-18(27)10-14-6-8-16(9-7-14)24-13(2)26/h3-9,11-12H,10H2,1-2H3,(H,24,26)(H,25,28)/t12-/m1/s1. The monoisotopic (exact) mass is 408 g/mol. The number of carbonyl (C=O) groups is 3. The Morgan fingerprint density at radius 3 is 2.24 bits per heavy atom. The zero-order chi connectivity index (χ0) is 21.6.